The fourth-order valence-corrected chi connectivity index (χ4v) is 3.14. The number of hydrogen-bond acceptors (Lipinski definition) is 6. The predicted molar refractivity (Wildman–Crippen MR) is 118 cm³/mol. The Balaban J connectivity index is 1.85. The van der Waals surface area contributed by atoms with Crippen molar-refractivity contribution in [3.63, 3.8) is 0 Å². The zero-order valence-electron chi connectivity index (χ0n) is 19.0. The zero-order chi connectivity index (χ0) is 23.0. The molecule has 168 valence electrons. The smallest absolute Gasteiger partial charge is 0.306 e. The summed E-state index contributed by atoms with van der Waals surface area (Å²) in [6.07, 6.45) is 0.537. The topological polar surface area (TPSA) is 83.1 Å². The number of ether oxygens (including phenoxy) is 4. The van der Waals surface area contributed by atoms with E-state index in [-0.39, 0.29) is 25.0 Å². The minimum Gasteiger partial charge on any atom is -0.493 e. The van der Waals surface area contributed by atoms with E-state index in [4.69, 9.17) is 18.9 Å². The van der Waals surface area contributed by atoms with Crippen LogP contribution < -0.4 is 19.5 Å². The number of carbonyl (C=O) groups excluding carboxylic acids is 2. The Kier molecular flexibility index (Phi) is 8.73. The van der Waals surface area contributed by atoms with E-state index in [2.05, 4.69) is 5.32 Å². The largest absolute Gasteiger partial charge is 0.493 e. The molecule has 0 aliphatic carbocycles. The standard InChI is InChI=1S/C24H31NO6/c1-15-7-9-19(11-16(15)2)17(3)25-22(26)14-31-23(27)10-8-18-12-20(28-4)24(30-6)21(13-18)29-5/h7,9,11-13,17H,8,10,14H2,1-6H3,(H,25,26)/t17-/m1/s1. The van der Waals surface area contributed by atoms with Gasteiger partial charge >= 0.3 is 5.97 Å². The van der Waals surface area contributed by atoms with Gasteiger partial charge in [0.15, 0.2) is 18.1 Å². The molecule has 0 aliphatic rings. The van der Waals surface area contributed by atoms with Crippen LogP contribution in [0.3, 0.4) is 0 Å². The fourth-order valence-electron chi connectivity index (χ4n) is 3.14. The van der Waals surface area contributed by atoms with Crippen molar-refractivity contribution in [2.45, 2.75) is 39.7 Å². The summed E-state index contributed by atoms with van der Waals surface area (Å²) in [5.74, 6) is 0.732. The lowest BCUT2D eigenvalue weighted by atomic mass is 10.0. The molecule has 1 N–H and O–H groups in total. The highest BCUT2D eigenvalue weighted by Gasteiger charge is 2.15. The van der Waals surface area contributed by atoms with E-state index in [0.29, 0.717) is 23.7 Å². The third-order valence-electron chi connectivity index (χ3n) is 5.12. The lowest BCUT2D eigenvalue weighted by molar-refractivity contribution is -0.148. The number of nitrogens with one attached hydrogen (secondary N) is 1. The molecule has 0 aromatic heterocycles. The van der Waals surface area contributed by atoms with Crippen molar-refractivity contribution in [3.05, 3.63) is 52.6 Å². The number of hydrogen-bond donors (Lipinski definition) is 1. The maximum atomic E-state index is 12.2. The van der Waals surface area contributed by atoms with Gasteiger partial charge in [0.2, 0.25) is 5.75 Å². The molecular weight excluding hydrogens is 398 g/mol. The van der Waals surface area contributed by atoms with Crippen LogP contribution in [-0.4, -0.2) is 39.8 Å². The van der Waals surface area contributed by atoms with Crippen LogP contribution in [-0.2, 0) is 20.7 Å². The molecule has 0 heterocycles. The number of benzene rings is 2. The molecule has 0 saturated carbocycles. The molecule has 0 fully saturated rings. The second-order valence-electron chi connectivity index (χ2n) is 7.33. The highest BCUT2D eigenvalue weighted by Crippen LogP contribution is 2.38. The normalized spacial score (nSPS) is 11.4. The molecule has 0 aliphatic heterocycles. The van der Waals surface area contributed by atoms with Gasteiger partial charge in [0.05, 0.1) is 27.4 Å². The van der Waals surface area contributed by atoms with Crippen molar-refractivity contribution in [1.82, 2.24) is 5.32 Å². The molecular formula is C24H31NO6. The number of esters is 1. The van der Waals surface area contributed by atoms with Crippen LogP contribution >= 0.6 is 0 Å². The van der Waals surface area contributed by atoms with E-state index in [1.54, 1.807) is 12.1 Å². The Morgan fingerprint density at radius 3 is 2.13 bits per heavy atom. The minimum atomic E-state index is -0.456. The molecule has 7 heteroatoms. The van der Waals surface area contributed by atoms with Gasteiger partial charge in [-0.2, -0.15) is 0 Å². The van der Waals surface area contributed by atoms with Gasteiger partial charge in [-0.25, -0.2) is 0 Å². The van der Waals surface area contributed by atoms with Gasteiger partial charge in [-0.1, -0.05) is 18.2 Å². The van der Waals surface area contributed by atoms with Gasteiger partial charge in [0, 0.05) is 6.42 Å². The second-order valence-corrected chi connectivity index (χ2v) is 7.33. The predicted octanol–water partition coefficient (Wildman–Crippen LogP) is 3.68. The Hall–Kier alpha value is -3.22. The third-order valence-corrected chi connectivity index (χ3v) is 5.12. The summed E-state index contributed by atoms with van der Waals surface area (Å²) in [4.78, 5) is 24.3. The van der Waals surface area contributed by atoms with Crippen molar-refractivity contribution in [3.8, 4) is 17.2 Å². The quantitative estimate of drug-likeness (QED) is 0.580. The lowest BCUT2D eigenvalue weighted by Gasteiger charge is -2.16. The molecule has 1 amide bonds. The van der Waals surface area contributed by atoms with E-state index in [0.717, 1.165) is 16.7 Å². The summed E-state index contributed by atoms with van der Waals surface area (Å²) in [5, 5.41) is 2.85. The number of carbonyl (C=O) groups is 2. The van der Waals surface area contributed by atoms with Gasteiger partial charge in [-0.3, -0.25) is 9.59 Å². The average Bonchev–Trinajstić information content (AvgIpc) is 2.76. The number of aryl methyl sites for hydroxylation is 3. The highest BCUT2D eigenvalue weighted by atomic mass is 16.5. The van der Waals surface area contributed by atoms with Gasteiger partial charge in [0.25, 0.3) is 5.91 Å². The maximum Gasteiger partial charge on any atom is 0.306 e. The number of amides is 1. The molecule has 0 saturated heterocycles. The fraction of sp³-hybridized carbons (Fsp3) is 0.417. The Bertz CT molecular complexity index is 899. The molecule has 0 bridgehead atoms. The zero-order valence-corrected chi connectivity index (χ0v) is 19.0. The van der Waals surface area contributed by atoms with Crippen LogP contribution in [0.4, 0.5) is 0 Å². The van der Waals surface area contributed by atoms with E-state index in [1.165, 1.54) is 26.9 Å². The molecule has 0 spiro atoms. The summed E-state index contributed by atoms with van der Waals surface area (Å²) < 4.78 is 21.1. The van der Waals surface area contributed by atoms with E-state index < -0.39 is 5.97 Å². The van der Waals surface area contributed by atoms with E-state index >= 15 is 0 Å². The van der Waals surface area contributed by atoms with Crippen LogP contribution in [0.25, 0.3) is 0 Å². The van der Waals surface area contributed by atoms with Crippen LogP contribution in [0.2, 0.25) is 0 Å². The highest BCUT2D eigenvalue weighted by molar-refractivity contribution is 5.81. The van der Waals surface area contributed by atoms with Crippen molar-refractivity contribution >= 4 is 11.9 Å². The first-order valence-corrected chi connectivity index (χ1v) is 10.1. The van der Waals surface area contributed by atoms with Crippen LogP contribution in [0.1, 0.15) is 41.6 Å². The SMILES string of the molecule is COc1cc(CCC(=O)OCC(=O)N[C@H](C)c2ccc(C)c(C)c2)cc(OC)c1OC. The van der Waals surface area contributed by atoms with Crippen LogP contribution in [0, 0.1) is 13.8 Å². The Morgan fingerprint density at radius 1 is 0.935 bits per heavy atom. The molecule has 1 atom stereocenters. The van der Waals surface area contributed by atoms with E-state index in [9.17, 15) is 9.59 Å². The van der Waals surface area contributed by atoms with Gasteiger partial charge < -0.3 is 24.3 Å². The van der Waals surface area contributed by atoms with Crippen LogP contribution in [0.15, 0.2) is 30.3 Å². The Morgan fingerprint density at radius 2 is 1.58 bits per heavy atom. The molecule has 0 radical (unpaired) electrons. The number of methoxy groups -OCH3 is 3. The maximum absolute atomic E-state index is 12.2. The average molecular weight is 430 g/mol. The van der Waals surface area contributed by atoms with Gasteiger partial charge in [0.1, 0.15) is 0 Å². The molecule has 31 heavy (non-hydrogen) atoms. The van der Waals surface area contributed by atoms with Crippen molar-refractivity contribution in [2.24, 2.45) is 0 Å². The summed E-state index contributed by atoms with van der Waals surface area (Å²) in [6.45, 7) is 5.65. The van der Waals surface area contributed by atoms with Crippen molar-refractivity contribution in [2.75, 3.05) is 27.9 Å². The number of rotatable bonds is 10. The molecule has 2 rings (SSSR count). The first kappa shape index (κ1) is 24.1. The van der Waals surface area contributed by atoms with Gasteiger partial charge in [-0.05, 0) is 61.6 Å². The monoisotopic (exact) mass is 429 g/mol. The van der Waals surface area contributed by atoms with Gasteiger partial charge in [-0.15, -0.1) is 0 Å². The summed E-state index contributed by atoms with van der Waals surface area (Å²) >= 11 is 0. The van der Waals surface area contributed by atoms with Crippen molar-refractivity contribution < 1.29 is 28.5 Å². The Labute approximate surface area is 183 Å². The van der Waals surface area contributed by atoms with Crippen molar-refractivity contribution in [1.29, 1.82) is 0 Å². The van der Waals surface area contributed by atoms with E-state index in [1.807, 2.05) is 39.0 Å². The molecule has 2 aromatic carbocycles. The third kappa shape index (κ3) is 6.64. The minimum absolute atomic E-state index is 0.124. The summed E-state index contributed by atoms with van der Waals surface area (Å²) in [7, 11) is 4.60. The first-order chi connectivity index (χ1) is 14.8. The second kappa shape index (κ2) is 11.2. The molecule has 7 nitrogen and oxygen atoms in total. The van der Waals surface area contributed by atoms with Crippen LogP contribution in [0.5, 0.6) is 17.2 Å². The molecule has 0 unspecified atom stereocenters. The summed E-state index contributed by atoms with van der Waals surface area (Å²) in [5.41, 5.74) is 4.20. The first-order valence-electron chi connectivity index (χ1n) is 10.1. The lowest BCUT2D eigenvalue weighted by Crippen LogP contribution is -2.31. The molecule has 2 aromatic rings. The summed E-state index contributed by atoms with van der Waals surface area (Å²) in [6, 6.07) is 9.44.